The van der Waals surface area contributed by atoms with Gasteiger partial charge in [-0.15, -0.1) is 0 Å². The number of sulfonamides is 2. The number of nitrogens with one attached hydrogen (secondary N) is 2. The smallest absolute Gasteiger partial charge is 0.321 e. The van der Waals surface area contributed by atoms with Crippen molar-refractivity contribution in [3.63, 3.8) is 0 Å². The average Bonchev–Trinajstić information content (AvgIpc) is 3.12. The van der Waals surface area contributed by atoms with Crippen LogP contribution >= 0.6 is 0 Å². The molecule has 0 bridgehead atoms. The first-order valence-electron chi connectivity index (χ1n) is 10.4. The third kappa shape index (κ3) is 5.05. The maximum Gasteiger partial charge on any atom is 0.321 e. The molecule has 0 saturated carbocycles. The van der Waals surface area contributed by atoms with Crippen molar-refractivity contribution in [3.05, 3.63) is 47.5 Å². The van der Waals surface area contributed by atoms with Gasteiger partial charge in [0.1, 0.15) is 17.8 Å². The number of aliphatic carboxylic acids is 2. The number of hydrogen-bond acceptors (Lipinski definition) is 8. The summed E-state index contributed by atoms with van der Waals surface area (Å²) in [7, 11) is -8.48. The summed E-state index contributed by atoms with van der Waals surface area (Å²) in [6.07, 6.45) is 0.0285. The third-order valence-electron chi connectivity index (χ3n) is 5.51. The van der Waals surface area contributed by atoms with E-state index >= 15 is 0 Å². The van der Waals surface area contributed by atoms with Gasteiger partial charge in [0, 0.05) is 11.1 Å². The molecule has 1 aliphatic rings. The topological polar surface area (TPSA) is 200 Å². The van der Waals surface area contributed by atoms with Gasteiger partial charge in [-0.05, 0) is 48.2 Å². The minimum Gasteiger partial charge on any atom is -0.480 e. The van der Waals surface area contributed by atoms with Crippen molar-refractivity contribution in [3.8, 4) is 11.1 Å². The van der Waals surface area contributed by atoms with E-state index in [1.807, 2.05) is 0 Å². The molecule has 2 aromatic rings. The van der Waals surface area contributed by atoms with Gasteiger partial charge in [0.25, 0.3) is 0 Å². The Morgan fingerprint density at radius 2 is 1.14 bits per heavy atom. The molecule has 0 heterocycles. The molecule has 0 radical (unpaired) electrons. The second-order valence-corrected chi connectivity index (χ2v) is 11.1. The normalized spacial score (nSPS) is 14.6. The molecule has 3 rings (SSSR count). The van der Waals surface area contributed by atoms with Gasteiger partial charge in [0.2, 0.25) is 20.0 Å². The standard InChI is InChI=1S/C21H23N3O9S2/c1-3-17(20(25)26)23-34(30,31)11-5-7-13-14-8-6-12(10-16(14)19(22-29)15(13)9-11)35(32,33)24-18(4-2)21(27)28/h5-10,17-18,23-24,29H,3-4H2,1-2H3,(H,25,26)(H,27,28). The Hall–Kier alpha value is -3.33. The first-order valence-corrected chi connectivity index (χ1v) is 13.3. The summed E-state index contributed by atoms with van der Waals surface area (Å²) in [6, 6.07) is 5.11. The zero-order valence-corrected chi connectivity index (χ0v) is 20.2. The van der Waals surface area contributed by atoms with E-state index in [0.29, 0.717) is 11.1 Å². The summed E-state index contributed by atoms with van der Waals surface area (Å²) in [5.74, 6) is -2.67. The fourth-order valence-corrected chi connectivity index (χ4v) is 6.22. The molecule has 14 heteroatoms. The predicted octanol–water partition coefficient (Wildman–Crippen LogP) is 1.18. The van der Waals surface area contributed by atoms with Gasteiger partial charge in [-0.1, -0.05) is 31.1 Å². The van der Waals surface area contributed by atoms with Crippen molar-refractivity contribution < 1.29 is 41.8 Å². The van der Waals surface area contributed by atoms with E-state index < -0.39 is 44.1 Å². The number of carboxylic acid groups (broad SMARTS) is 2. The van der Waals surface area contributed by atoms with E-state index in [4.69, 9.17) is 10.2 Å². The largest absolute Gasteiger partial charge is 0.480 e. The van der Waals surface area contributed by atoms with Crippen molar-refractivity contribution >= 4 is 37.7 Å². The molecule has 5 N–H and O–H groups in total. The molecule has 1 aliphatic carbocycles. The van der Waals surface area contributed by atoms with Crippen LogP contribution in [0.1, 0.15) is 37.8 Å². The van der Waals surface area contributed by atoms with Gasteiger partial charge < -0.3 is 15.4 Å². The second-order valence-electron chi connectivity index (χ2n) is 7.70. The van der Waals surface area contributed by atoms with E-state index in [9.17, 15) is 31.6 Å². The van der Waals surface area contributed by atoms with Gasteiger partial charge in [-0.3, -0.25) is 9.59 Å². The lowest BCUT2D eigenvalue weighted by molar-refractivity contribution is -0.139. The number of nitrogens with zero attached hydrogens (tertiary/aromatic N) is 1. The average molecular weight is 526 g/mol. The summed E-state index contributed by atoms with van der Waals surface area (Å²) < 4.78 is 55.1. The van der Waals surface area contributed by atoms with Crippen LogP contribution < -0.4 is 9.44 Å². The van der Waals surface area contributed by atoms with Gasteiger partial charge in [0.15, 0.2) is 0 Å². The molecule has 0 aromatic heterocycles. The monoisotopic (exact) mass is 525 g/mol. The predicted molar refractivity (Wildman–Crippen MR) is 123 cm³/mol. The van der Waals surface area contributed by atoms with Crippen LogP contribution in [0.4, 0.5) is 0 Å². The Morgan fingerprint density at radius 1 is 0.771 bits per heavy atom. The molecule has 0 spiro atoms. The van der Waals surface area contributed by atoms with Gasteiger partial charge in [0.05, 0.1) is 9.79 Å². The van der Waals surface area contributed by atoms with Crippen LogP contribution in [-0.4, -0.2) is 62.0 Å². The fraction of sp³-hybridized carbons (Fsp3) is 0.286. The number of oxime groups is 1. The SMILES string of the molecule is CCC(NS(=O)(=O)c1ccc2c(c1)C(=NO)c1cc(S(=O)(=O)NC(CC)C(=O)O)ccc1-2)C(=O)O. The Labute approximate surface area is 201 Å². The summed E-state index contributed by atoms with van der Waals surface area (Å²) in [6.45, 7) is 3.02. The first-order chi connectivity index (χ1) is 16.4. The van der Waals surface area contributed by atoms with E-state index in [0.717, 1.165) is 0 Å². The quantitative estimate of drug-likeness (QED) is 0.190. The Bertz CT molecular complexity index is 1330. The number of hydrogen-bond donors (Lipinski definition) is 5. The molecule has 2 atom stereocenters. The van der Waals surface area contributed by atoms with E-state index in [1.165, 1.54) is 50.2 Å². The van der Waals surface area contributed by atoms with Crippen molar-refractivity contribution in [1.29, 1.82) is 0 Å². The highest BCUT2D eigenvalue weighted by Gasteiger charge is 2.32. The second kappa shape index (κ2) is 9.73. The summed E-state index contributed by atoms with van der Waals surface area (Å²) in [5.41, 5.74) is 1.21. The van der Waals surface area contributed by atoms with Crippen LogP contribution in [0, 0.1) is 0 Å². The van der Waals surface area contributed by atoms with E-state index in [-0.39, 0.29) is 39.5 Å². The zero-order valence-electron chi connectivity index (χ0n) is 18.6. The summed E-state index contributed by atoms with van der Waals surface area (Å²) >= 11 is 0. The van der Waals surface area contributed by atoms with Gasteiger partial charge in [-0.2, -0.15) is 9.44 Å². The van der Waals surface area contributed by atoms with Gasteiger partial charge >= 0.3 is 11.9 Å². The molecular weight excluding hydrogens is 502 g/mol. The molecular formula is C21H23N3O9S2. The Balaban J connectivity index is 2.03. The molecule has 0 amide bonds. The van der Waals surface area contributed by atoms with Crippen molar-refractivity contribution in [2.24, 2.45) is 5.16 Å². The van der Waals surface area contributed by atoms with E-state index in [2.05, 4.69) is 14.6 Å². The van der Waals surface area contributed by atoms with Crippen molar-refractivity contribution in [2.75, 3.05) is 0 Å². The fourth-order valence-electron chi connectivity index (χ4n) is 3.62. The van der Waals surface area contributed by atoms with Crippen molar-refractivity contribution in [2.45, 2.75) is 48.6 Å². The lowest BCUT2D eigenvalue weighted by atomic mass is 10.1. The van der Waals surface area contributed by atoms with Crippen LogP contribution in [-0.2, 0) is 29.6 Å². The molecule has 0 fully saturated rings. The maximum atomic E-state index is 12.7. The Morgan fingerprint density at radius 3 is 1.43 bits per heavy atom. The lowest BCUT2D eigenvalue weighted by Crippen LogP contribution is -2.40. The van der Waals surface area contributed by atoms with Crippen molar-refractivity contribution in [1.82, 2.24) is 9.44 Å². The number of rotatable bonds is 10. The molecule has 2 unspecified atom stereocenters. The van der Waals surface area contributed by atoms with Crippen LogP contribution in [0.2, 0.25) is 0 Å². The van der Waals surface area contributed by atoms with E-state index in [1.54, 1.807) is 0 Å². The molecule has 2 aromatic carbocycles. The van der Waals surface area contributed by atoms with Crippen LogP contribution in [0.15, 0.2) is 51.3 Å². The highest BCUT2D eigenvalue weighted by atomic mass is 32.2. The molecule has 0 aliphatic heterocycles. The van der Waals surface area contributed by atoms with Crippen LogP contribution in [0.3, 0.4) is 0 Å². The molecule has 0 saturated heterocycles. The number of carboxylic acids is 2. The molecule has 12 nitrogen and oxygen atoms in total. The summed E-state index contributed by atoms with van der Waals surface area (Å²) in [4.78, 5) is 21.9. The maximum absolute atomic E-state index is 12.7. The number of carbonyl (C=O) groups is 2. The van der Waals surface area contributed by atoms with Gasteiger partial charge in [-0.25, -0.2) is 16.8 Å². The number of fused-ring (bicyclic) bond motifs is 3. The van der Waals surface area contributed by atoms with Crippen LogP contribution in [0.5, 0.6) is 0 Å². The zero-order chi connectivity index (χ0) is 26.1. The lowest BCUT2D eigenvalue weighted by Gasteiger charge is -2.13. The minimum atomic E-state index is -4.24. The first kappa shape index (κ1) is 26.3. The highest BCUT2D eigenvalue weighted by molar-refractivity contribution is 7.89. The molecule has 35 heavy (non-hydrogen) atoms. The minimum absolute atomic E-state index is 0.0142. The Kier molecular flexibility index (Phi) is 7.31. The van der Waals surface area contributed by atoms with Crippen LogP contribution in [0.25, 0.3) is 11.1 Å². The third-order valence-corrected chi connectivity index (χ3v) is 8.45. The molecule has 188 valence electrons. The summed E-state index contributed by atoms with van der Waals surface area (Å²) in [5, 5.41) is 31.2. The number of benzene rings is 2. The highest BCUT2D eigenvalue weighted by Crippen LogP contribution is 2.39.